The fourth-order valence-electron chi connectivity index (χ4n) is 2.43. The predicted molar refractivity (Wildman–Crippen MR) is 114 cm³/mol. The Balaban J connectivity index is 1.75. The van der Waals surface area contributed by atoms with Crippen LogP contribution in [0.15, 0.2) is 53.4 Å². The summed E-state index contributed by atoms with van der Waals surface area (Å²) in [6.07, 6.45) is 3.43. The van der Waals surface area contributed by atoms with Gasteiger partial charge in [-0.3, -0.25) is 5.41 Å². The van der Waals surface area contributed by atoms with Crippen LogP contribution < -0.4 is 15.8 Å². The van der Waals surface area contributed by atoms with Crippen molar-refractivity contribution >= 4 is 29.4 Å². The highest BCUT2D eigenvalue weighted by Crippen LogP contribution is 2.23. The van der Waals surface area contributed by atoms with Gasteiger partial charge >= 0.3 is 5.97 Å². The van der Waals surface area contributed by atoms with Gasteiger partial charge in [0.25, 0.3) is 0 Å². The fourth-order valence-corrected chi connectivity index (χ4v) is 3.35. The van der Waals surface area contributed by atoms with Crippen molar-refractivity contribution in [1.29, 1.82) is 5.41 Å². The second-order valence-corrected chi connectivity index (χ2v) is 7.25. The van der Waals surface area contributed by atoms with Gasteiger partial charge in [-0.1, -0.05) is 6.42 Å². The van der Waals surface area contributed by atoms with Crippen LogP contribution in [0.5, 0.6) is 5.75 Å². The molecule has 0 saturated heterocycles. The summed E-state index contributed by atoms with van der Waals surface area (Å²) in [6.45, 7) is 3.64. The van der Waals surface area contributed by atoms with Gasteiger partial charge in [-0.15, -0.1) is 11.8 Å². The van der Waals surface area contributed by atoms with Gasteiger partial charge in [0.1, 0.15) is 5.75 Å². The molecule has 4 N–H and O–H groups in total. The summed E-state index contributed by atoms with van der Waals surface area (Å²) in [5.74, 6) is 0.992. The Bertz CT molecular complexity index is 748. The van der Waals surface area contributed by atoms with Gasteiger partial charge in [-0.25, -0.2) is 4.79 Å². The second-order valence-electron chi connectivity index (χ2n) is 6.08. The molecule has 0 radical (unpaired) electrons. The molecule has 2 rings (SSSR count). The minimum atomic E-state index is -0.427. The monoisotopic (exact) mass is 401 g/mol. The van der Waals surface area contributed by atoms with E-state index in [2.05, 4.69) is 5.32 Å². The van der Waals surface area contributed by atoms with Crippen molar-refractivity contribution in [2.24, 2.45) is 5.73 Å². The van der Waals surface area contributed by atoms with Gasteiger partial charge in [0.2, 0.25) is 0 Å². The van der Waals surface area contributed by atoms with E-state index in [4.69, 9.17) is 20.6 Å². The zero-order chi connectivity index (χ0) is 20.2. The highest BCUT2D eigenvalue weighted by atomic mass is 32.2. The number of hydrogen-bond acceptors (Lipinski definition) is 5. The molecular weight excluding hydrogens is 374 g/mol. The first kappa shape index (κ1) is 21.8. The Morgan fingerprint density at radius 1 is 1.07 bits per heavy atom. The van der Waals surface area contributed by atoms with Crippen molar-refractivity contribution in [2.75, 3.05) is 24.3 Å². The number of ether oxygens (including phenoxy) is 2. The van der Waals surface area contributed by atoms with Crippen LogP contribution in [-0.2, 0) is 4.74 Å². The molecule has 0 atom stereocenters. The number of guanidine groups is 1. The van der Waals surface area contributed by atoms with Gasteiger partial charge in [0, 0.05) is 23.8 Å². The third-order valence-electron chi connectivity index (χ3n) is 3.84. The van der Waals surface area contributed by atoms with Crippen LogP contribution in [0.25, 0.3) is 0 Å². The zero-order valence-corrected chi connectivity index (χ0v) is 16.9. The van der Waals surface area contributed by atoms with Crippen LogP contribution in [0.1, 0.15) is 36.5 Å². The van der Waals surface area contributed by atoms with E-state index in [-0.39, 0.29) is 5.96 Å². The Morgan fingerprint density at radius 2 is 1.79 bits per heavy atom. The number of carbonyl (C=O) groups excluding carboxylic acids is 1. The van der Waals surface area contributed by atoms with Crippen LogP contribution in [-0.4, -0.2) is 30.9 Å². The van der Waals surface area contributed by atoms with Crippen molar-refractivity contribution in [2.45, 2.75) is 31.1 Å². The van der Waals surface area contributed by atoms with Crippen molar-refractivity contribution < 1.29 is 14.3 Å². The van der Waals surface area contributed by atoms with E-state index in [0.29, 0.717) is 17.0 Å². The first-order chi connectivity index (χ1) is 13.6. The van der Waals surface area contributed by atoms with Gasteiger partial charge in [0.15, 0.2) is 5.96 Å². The topological polar surface area (TPSA) is 97.4 Å². The number of benzene rings is 2. The number of nitrogens with two attached hydrogens (primary N) is 1. The van der Waals surface area contributed by atoms with E-state index in [1.54, 1.807) is 48.2 Å². The molecule has 0 heterocycles. The number of nitrogens with one attached hydrogen (secondary N) is 2. The average Bonchev–Trinajstić information content (AvgIpc) is 2.68. The third kappa shape index (κ3) is 8.02. The number of carbonyl (C=O) groups is 1. The largest absolute Gasteiger partial charge is 0.423 e. The van der Waals surface area contributed by atoms with Crippen molar-refractivity contribution in [3.63, 3.8) is 0 Å². The minimum absolute atomic E-state index is 0.154. The average molecular weight is 402 g/mol. The maximum absolute atomic E-state index is 12.2. The molecule has 2 aromatic rings. The van der Waals surface area contributed by atoms with Crippen molar-refractivity contribution in [3.05, 3.63) is 54.1 Å². The lowest BCUT2D eigenvalue weighted by Gasteiger charge is -2.07. The Morgan fingerprint density at radius 3 is 2.43 bits per heavy atom. The van der Waals surface area contributed by atoms with Gasteiger partial charge in [0.05, 0.1) is 5.56 Å². The van der Waals surface area contributed by atoms with E-state index in [1.807, 2.05) is 19.1 Å². The quantitative estimate of drug-likeness (QED) is 0.128. The maximum atomic E-state index is 12.2. The van der Waals surface area contributed by atoms with E-state index in [9.17, 15) is 4.79 Å². The molecule has 2 aromatic carbocycles. The highest BCUT2D eigenvalue weighted by molar-refractivity contribution is 7.99. The van der Waals surface area contributed by atoms with E-state index in [1.165, 1.54) is 6.42 Å². The van der Waals surface area contributed by atoms with Crippen LogP contribution >= 0.6 is 11.8 Å². The second kappa shape index (κ2) is 12.0. The number of anilines is 1. The Kier molecular flexibility index (Phi) is 9.37. The lowest BCUT2D eigenvalue weighted by molar-refractivity contribution is 0.0734. The van der Waals surface area contributed by atoms with Gasteiger partial charge < -0.3 is 20.5 Å². The standard InChI is InChI=1S/C21H27N3O3S/c1-2-26-14-4-3-5-15-28-19-12-10-18(11-13-19)27-20(25)16-6-8-17(9-7-16)24-21(22)23/h6-13H,2-5,14-15H2,1H3,(H4,22,23,24). The summed E-state index contributed by atoms with van der Waals surface area (Å²) < 4.78 is 10.7. The normalized spacial score (nSPS) is 10.5. The molecule has 7 heteroatoms. The highest BCUT2D eigenvalue weighted by Gasteiger charge is 2.09. The zero-order valence-electron chi connectivity index (χ0n) is 16.1. The molecule has 0 unspecified atom stereocenters. The van der Waals surface area contributed by atoms with E-state index >= 15 is 0 Å². The smallest absolute Gasteiger partial charge is 0.343 e. The minimum Gasteiger partial charge on any atom is -0.423 e. The van der Waals surface area contributed by atoms with Gasteiger partial charge in [-0.05, 0) is 74.0 Å². The molecule has 0 saturated carbocycles. The summed E-state index contributed by atoms with van der Waals surface area (Å²) in [4.78, 5) is 13.4. The predicted octanol–water partition coefficient (Wildman–Crippen LogP) is 4.51. The van der Waals surface area contributed by atoms with E-state index < -0.39 is 5.97 Å². The molecule has 0 aromatic heterocycles. The SMILES string of the molecule is CCOCCCCCSc1ccc(OC(=O)c2ccc(NC(=N)N)cc2)cc1. The number of hydrogen-bond donors (Lipinski definition) is 3. The van der Waals surface area contributed by atoms with Crippen LogP contribution in [0.2, 0.25) is 0 Å². The molecule has 0 fully saturated rings. The molecule has 0 aliphatic heterocycles. The Hall–Kier alpha value is -2.51. The maximum Gasteiger partial charge on any atom is 0.343 e. The molecule has 0 spiro atoms. The Labute approximate surface area is 170 Å². The fraction of sp³-hybridized carbons (Fsp3) is 0.333. The summed E-state index contributed by atoms with van der Waals surface area (Å²) in [6, 6.07) is 14.1. The lowest BCUT2D eigenvalue weighted by atomic mass is 10.2. The summed E-state index contributed by atoms with van der Waals surface area (Å²) >= 11 is 1.80. The molecule has 150 valence electrons. The molecule has 0 amide bonds. The van der Waals surface area contributed by atoms with Crippen LogP contribution in [0.3, 0.4) is 0 Å². The summed E-state index contributed by atoms with van der Waals surface area (Å²) in [5.41, 5.74) is 6.35. The summed E-state index contributed by atoms with van der Waals surface area (Å²) in [5, 5.41) is 9.85. The third-order valence-corrected chi connectivity index (χ3v) is 4.94. The molecule has 0 aliphatic carbocycles. The molecule has 28 heavy (non-hydrogen) atoms. The van der Waals surface area contributed by atoms with Crippen LogP contribution in [0.4, 0.5) is 5.69 Å². The van der Waals surface area contributed by atoms with Crippen molar-refractivity contribution in [1.82, 2.24) is 0 Å². The first-order valence-corrected chi connectivity index (χ1v) is 10.3. The molecule has 0 aliphatic rings. The number of rotatable bonds is 11. The van der Waals surface area contributed by atoms with Crippen molar-refractivity contribution in [3.8, 4) is 5.75 Å². The van der Waals surface area contributed by atoms with Crippen LogP contribution in [0, 0.1) is 5.41 Å². The summed E-state index contributed by atoms with van der Waals surface area (Å²) in [7, 11) is 0. The molecular formula is C21H27N3O3S. The molecule has 6 nitrogen and oxygen atoms in total. The molecule has 0 bridgehead atoms. The number of unbranched alkanes of at least 4 members (excludes halogenated alkanes) is 2. The van der Waals surface area contributed by atoms with E-state index in [0.717, 1.165) is 36.7 Å². The lowest BCUT2D eigenvalue weighted by Crippen LogP contribution is -2.20. The first-order valence-electron chi connectivity index (χ1n) is 9.32. The van der Waals surface area contributed by atoms with Gasteiger partial charge in [-0.2, -0.15) is 0 Å². The number of esters is 1. The number of thioether (sulfide) groups is 1.